The molecule has 0 saturated carbocycles. The van der Waals surface area contributed by atoms with Crippen LogP contribution in [-0.2, 0) is 0 Å². The van der Waals surface area contributed by atoms with Gasteiger partial charge in [-0.05, 0) is 24.3 Å². The molecular weight excluding hydrogens is 326 g/mol. The van der Waals surface area contributed by atoms with Crippen LogP contribution in [0.25, 0.3) is 26.9 Å². The average Bonchev–Trinajstić information content (AvgIpc) is 3.22. The Labute approximate surface area is 141 Å². The molecule has 0 unspecified atom stereocenters. The molecule has 0 fully saturated rings. The maximum absolute atomic E-state index is 5.50. The molecule has 3 aromatic heterocycles. The smallest absolute Gasteiger partial charge is 0.235 e. The van der Waals surface area contributed by atoms with Gasteiger partial charge >= 0.3 is 0 Å². The van der Waals surface area contributed by atoms with Gasteiger partial charge in [0.25, 0.3) is 0 Å². The van der Waals surface area contributed by atoms with Crippen molar-refractivity contribution >= 4 is 16.3 Å². The fraction of sp³-hybridized carbons (Fsp3) is 0.125. The number of hydrogen-bond donors (Lipinski definition) is 0. The number of benzene rings is 1. The van der Waals surface area contributed by atoms with Gasteiger partial charge in [-0.1, -0.05) is 17.4 Å². The summed E-state index contributed by atoms with van der Waals surface area (Å²) in [5.41, 5.74) is 1.71. The molecule has 0 radical (unpaired) electrons. The zero-order chi connectivity index (χ0) is 16.5. The van der Waals surface area contributed by atoms with Crippen molar-refractivity contribution in [1.29, 1.82) is 0 Å². The molecule has 0 saturated heterocycles. The van der Waals surface area contributed by atoms with Crippen LogP contribution in [0.2, 0.25) is 0 Å². The van der Waals surface area contributed by atoms with E-state index in [1.165, 1.54) is 11.3 Å². The summed E-state index contributed by atoms with van der Waals surface area (Å²) in [5.74, 6) is 1.96. The Morgan fingerprint density at radius 3 is 2.71 bits per heavy atom. The van der Waals surface area contributed by atoms with Crippen molar-refractivity contribution in [3.05, 3.63) is 42.7 Å². The van der Waals surface area contributed by atoms with Gasteiger partial charge in [0.15, 0.2) is 22.3 Å². The minimum absolute atomic E-state index is 0.646. The van der Waals surface area contributed by atoms with Crippen LogP contribution >= 0.6 is 11.3 Å². The van der Waals surface area contributed by atoms with Crippen LogP contribution in [0.4, 0.5) is 0 Å². The summed E-state index contributed by atoms with van der Waals surface area (Å²) < 4.78 is 12.6. The highest BCUT2D eigenvalue weighted by atomic mass is 32.1. The zero-order valence-corrected chi connectivity index (χ0v) is 13.8. The Kier molecular flexibility index (Phi) is 3.58. The van der Waals surface area contributed by atoms with Crippen LogP contribution in [0.3, 0.4) is 0 Å². The van der Waals surface area contributed by atoms with Gasteiger partial charge in [-0.3, -0.25) is 4.98 Å². The average molecular weight is 339 g/mol. The van der Waals surface area contributed by atoms with Crippen LogP contribution in [0, 0.1) is 0 Å². The van der Waals surface area contributed by atoms with Crippen LogP contribution in [0.5, 0.6) is 11.5 Å². The van der Waals surface area contributed by atoms with E-state index in [4.69, 9.17) is 9.47 Å². The Hall–Kier alpha value is -3.00. The molecule has 0 N–H and O–H groups in total. The maximum atomic E-state index is 5.50. The lowest BCUT2D eigenvalue weighted by atomic mass is 10.2. The summed E-state index contributed by atoms with van der Waals surface area (Å²) in [6, 6.07) is 9.48. The first-order chi connectivity index (χ1) is 11.8. The van der Waals surface area contributed by atoms with Gasteiger partial charge in [0.1, 0.15) is 0 Å². The highest BCUT2D eigenvalue weighted by Crippen LogP contribution is 2.39. The van der Waals surface area contributed by atoms with E-state index in [1.54, 1.807) is 31.1 Å². The minimum atomic E-state index is 0.646. The monoisotopic (exact) mass is 339 g/mol. The maximum Gasteiger partial charge on any atom is 0.235 e. The Morgan fingerprint density at radius 1 is 1.04 bits per heavy atom. The first-order valence-electron chi connectivity index (χ1n) is 7.16. The fourth-order valence-corrected chi connectivity index (χ4v) is 3.32. The number of para-hydroxylation sites is 1. The molecule has 0 spiro atoms. The van der Waals surface area contributed by atoms with Gasteiger partial charge in [0.05, 0.1) is 19.8 Å². The summed E-state index contributed by atoms with van der Waals surface area (Å²) in [4.78, 5) is 4.82. The van der Waals surface area contributed by atoms with Crippen molar-refractivity contribution in [1.82, 2.24) is 24.8 Å². The first kappa shape index (κ1) is 14.6. The summed E-state index contributed by atoms with van der Waals surface area (Å²) in [6.07, 6.45) is 3.46. The summed E-state index contributed by atoms with van der Waals surface area (Å²) in [5, 5.41) is 13.8. The SMILES string of the molecule is COc1cccc(-c2nn3c(-c4cccnc4)nnc3s2)c1OC. The second kappa shape index (κ2) is 5.89. The van der Waals surface area contributed by atoms with Gasteiger partial charge in [-0.25, -0.2) is 0 Å². The van der Waals surface area contributed by atoms with Crippen molar-refractivity contribution in [3.8, 4) is 33.5 Å². The van der Waals surface area contributed by atoms with E-state index in [0.29, 0.717) is 22.3 Å². The van der Waals surface area contributed by atoms with E-state index < -0.39 is 0 Å². The van der Waals surface area contributed by atoms with Crippen molar-refractivity contribution in [2.45, 2.75) is 0 Å². The molecule has 3 heterocycles. The van der Waals surface area contributed by atoms with Crippen LogP contribution in [0.15, 0.2) is 42.7 Å². The third kappa shape index (κ3) is 2.28. The van der Waals surface area contributed by atoms with E-state index in [9.17, 15) is 0 Å². The minimum Gasteiger partial charge on any atom is -0.493 e. The number of nitrogens with zero attached hydrogens (tertiary/aromatic N) is 5. The standard InChI is InChI=1S/C16H13N5O2S/c1-22-12-7-3-6-11(13(12)23-2)15-20-21-14(18-19-16(21)24-15)10-5-4-8-17-9-10/h3-9H,1-2H3. The second-order valence-corrected chi connectivity index (χ2v) is 5.86. The topological polar surface area (TPSA) is 74.4 Å². The molecular formula is C16H13N5O2S. The Balaban J connectivity index is 1.87. The quantitative estimate of drug-likeness (QED) is 0.569. The zero-order valence-electron chi connectivity index (χ0n) is 13.0. The molecule has 1 aromatic carbocycles. The lowest BCUT2D eigenvalue weighted by Crippen LogP contribution is -1.94. The number of rotatable bonds is 4. The first-order valence-corrected chi connectivity index (χ1v) is 7.97. The summed E-state index contributed by atoms with van der Waals surface area (Å²) >= 11 is 1.44. The highest BCUT2D eigenvalue weighted by molar-refractivity contribution is 7.19. The molecule has 0 amide bonds. The van der Waals surface area contributed by atoms with Gasteiger partial charge in [0.2, 0.25) is 4.96 Å². The lowest BCUT2D eigenvalue weighted by molar-refractivity contribution is 0.356. The predicted molar refractivity (Wildman–Crippen MR) is 90.4 cm³/mol. The highest BCUT2D eigenvalue weighted by Gasteiger charge is 2.18. The fourth-order valence-electron chi connectivity index (χ4n) is 2.46. The molecule has 0 aliphatic rings. The van der Waals surface area contributed by atoms with Crippen LogP contribution in [-0.4, -0.2) is 39.0 Å². The third-order valence-electron chi connectivity index (χ3n) is 3.54. The van der Waals surface area contributed by atoms with E-state index in [-0.39, 0.29) is 0 Å². The molecule has 24 heavy (non-hydrogen) atoms. The van der Waals surface area contributed by atoms with Gasteiger partial charge in [-0.2, -0.15) is 9.61 Å². The molecule has 8 heteroatoms. The van der Waals surface area contributed by atoms with Crippen molar-refractivity contribution < 1.29 is 9.47 Å². The molecule has 0 atom stereocenters. The number of fused-ring (bicyclic) bond motifs is 1. The molecule has 0 bridgehead atoms. The van der Waals surface area contributed by atoms with Gasteiger partial charge in [-0.15, -0.1) is 10.2 Å². The molecule has 0 aliphatic carbocycles. The van der Waals surface area contributed by atoms with Crippen molar-refractivity contribution in [3.63, 3.8) is 0 Å². The normalized spacial score (nSPS) is 10.9. The molecule has 4 aromatic rings. The second-order valence-electron chi connectivity index (χ2n) is 4.91. The largest absolute Gasteiger partial charge is 0.493 e. The van der Waals surface area contributed by atoms with E-state index in [1.807, 2.05) is 30.3 Å². The van der Waals surface area contributed by atoms with Gasteiger partial charge in [0, 0.05) is 18.0 Å². The summed E-state index contributed by atoms with van der Waals surface area (Å²) in [7, 11) is 3.23. The Morgan fingerprint density at radius 2 is 1.96 bits per heavy atom. The third-order valence-corrected chi connectivity index (χ3v) is 4.48. The molecule has 7 nitrogen and oxygen atoms in total. The van der Waals surface area contributed by atoms with E-state index >= 15 is 0 Å². The van der Waals surface area contributed by atoms with Crippen LogP contribution < -0.4 is 9.47 Å². The molecule has 4 rings (SSSR count). The molecule has 120 valence electrons. The predicted octanol–water partition coefficient (Wildman–Crippen LogP) is 2.93. The number of ether oxygens (including phenoxy) is 2. The lowest BCUT2D eigenvalue weighted by Gasteiger charge is -2.10. The number of hydrogen-bond acceptors (Lipinski definition) is 7. The van der Waals surface area contributed by atoms with Gasteiger partial charge < -0.3 is 9.47 Å². The molecule has 0 aliphatic heterocycles. The van der Waals surface area contributed by atoms with Crippen LogP contribution in [0.1, 0.15) is 0 Å². The number of pyridine rings is 1. The van der Waals surface area contributed by atoms with E-state index in [2.05, 4.69) is 20.3 Å². The van der Waals surface area contributed by atoms with Crippen molar-refractivity contribution in [2.75, 3.05) is 14.2 Å². The Bertz CT molecular complexity index is 996. The number of aromatic nitrogens is 5. The number of methoxy groups -OCH3 is 2. The summed E-state index contributed by atoms with van der Waals surface area (Å²) in [6.45, 7) is 0. The van der Waals surface area contributed by atoms with E-state index in [0.717, 1.165) is 16.1 Å². The van der Waals surface area contributed by atoms with Crippen molar-refractivity contribution in [2.24, 2.45) is 0 Å².